The Kier molecular flexibility index (Phi) is 4.38. The van der Waals surface area contributed by atoms with Crippen LogP contribution in [-0.2, 0) is 11.8 Å². The van der Waals surface area contributed by atoms with Crippen LogP contribution in [-0.4, -0.2) is 31.9 Å². The first-order chi connectivity index (χ1) is 14.0. The molecule has 0 saturated carbocycles. The van der Waals surface area contributed by atoms with Crippen molar-refractivity contribution in [1.29, 1.82) is 5.41 Å². The summed E-state index contributed by atoms with van der Waals surface area (Å²) < 4.78 is 73.4. The van der Waals surface area contributed by atoms with E-state index in [1.807, 2.05) is 0 Å². The monoisotopic (exact) mass is 443 g/mol. The number of aromatic nitrogens is 4. The van der Waals surface area contributed by atoms with Crippen LogP contribution in [0, 0.1) is 24.0 Å². The maximum Gasteiger partial charge on any atom is 0.491 e. The Hall–Kier alpha value is -3.35. The number of nitrogens with zero attached hydrogens (tertiary/aromatic N) is 3. The summed E-state index contributed by atoms with van der Waals surface area (Å²) in [5, 5.41) is 13.5. The summed E-state index contributed by atoms with van der Waals surface area (Å²) in [7, 11) is 1.58. The Labute approximate surface area is 167 Å². The number of hydrogen-bond donors (Lipinski definition) is 2. The number of nitrogens with one attached hydrogen (secondary N) is 2. The van der Waals surface area contributed by atoms with E-state index in [4.69, 9.17) is 5.41 Å². The topological polar surface area (TPSA) is 96.7 Å². The van der Waals surface area contributed by atoms with Gasteiger partial charge in [0.1, 0.15) is 5.82 Å². The van der Waals surface area contributed by atoms with Crippen LogP contribution in [0.1, 0.15) is 5.69 Å². The Balaban J connectivity index is 2.10. The second kappa shape index (κ2) is 6.58. The number of aromatic amines is 1. The molecule has 13 heteroatoms. The molecule has 156 valence electrons. The number of hydrogen-bond acceptors (Lipinski definition) is 6. The predicted molar refractivity (Wildman–Crippen MR) is 95.9 cm³/mol. The number of alkyl halides is 3. The Morgan fingerprint density at radius 3 is 2.57 bits per heavy atom. The lowest BCUT2D eigenvalue weighted by Gasteiger charge is -2.12. The van der Waals surface area contributed by atoms with Crippen molar-refractivity contribution in [3.05, 3.63) is 34.4 Å². The molecule has 0 bridgehead atoms. The number of H-pyrrole nitrogens is 1. The Morgan fingerprint density at radius 1 is 1.27 bits per heavy atom. The average molecular weight is 443 g/mol. The van der Waals surface area contributed by atoms with Gasteiger partial charge < -0.3 is 9.30 Å². The largest absolute Gasteiger partial charge is 0.491 e. The highest BCUT2D eigenvalue weighted by molar-refractivity contribution is 7.12. The number of benzene rings is 1. The fourth-order valence-electron chi connectivity index (χ4n) is 2.99. The molecule has 0 radical (unpaired) electrons. The van der Waals surface area contributed by atoms with E-state index in [-0.39, 0.29) is 32.6 Å². The van der Waals surface area contributed by atoms with E-state index in [9.17, 15) is 18.0 Å². The summed E-state index contributed by atoms with van der Waals surface area (Å²) in [5.41, 5.74) is 0.227. The van der Waals surface area contributed by atoms with Gasteiger partial charge in [-0.05, 0) is 6.92 Å². The predicted octanol–water partition coefficient (Wildman–Crippen LogP) is 3.71. The first kappa shape index (κ1) is 19.9. The summed E-state index contributed by atoms with van der Waals surface area (Å²) in [6, 6.07) is 0.364. The van der Waals surface area contributed by atoms with Gasteiger partial charge in [-0.3, -0.25) is 10.5 Å². The molecule has 30 heavy (non-hydrogen) atoms. The van der Waals surface area contributed by atoms with E-state index in [1.165, 1.54) is 17.7 Å². The standard InChI is InChI=1S/C17H10F5N5O2S/c1-5-9-11-10(6(18)3-7(12(11)19)29-15(28)17(20,21)22)13(24-14(9)26-25-5)8-4-27(2)16(23)30-8/h3-4,23H,1-2H3,(H,24,25,26). The van der Waals surface area contributed by atoms with Crippen LogP contribution in [0.2, 0.25) is 0 Å². The first-order valence-corrected chi connectivity index (χ1v) is 8.97. The highest BCUT2D eigenvalue weighted by Gasteiger charge is 2.42. The smallest absolute Gasteiger partial charge is 0.417 e. The second-order valence-electron chi connectivity index (χ2n) is 6.31. The molecule has 1 aromatic carbocycles. The molecular weight excluding hydrogens is 433 g/mol. The molecule has 0 amide bonds. The van der Waals surface area contributed by atoms with Gasteiger partial charge in [0.25, 0.3) is 0 Å². The van der Waals surface area contributed by atoms with Crippen molar-refractivity contribution >= 4 is 39.1 Å². The van der Waals surface area contributed by atoms with E-state index < -0.39 is 34.9 Å². The molecule has 0 aliphatic rings. The molecule has 0 unspecified atom stereocenters. The lowest BCUT2D eigenvalue weighted by Crippen LogP contribution is -2.28. The molecule has 4 aromatic rings. The lowest BCUT2D eigenvalue weighted by atomic mass is 10.0. The number of rotatable bonds is 2. The van der Waals surface area contributed by atoms with Crippen LogP contribution in [0.3, 0.4) is 0 Å². The van der Waals surface area contributed by atoms with Crippen LogP contribution in [0.15, 0.2) is 12.3 Å². The van der Waals surface area contributed by atoms with Crippen molar-refractivity contribution in [3.63, 3.8) is 0 Å². The summed E-state index contributed by atoms with van der Waals surface area (Å²) in [6.07, 6.45) is -3.91. The van der Waals surface area contributed by atoms with Gasteiger partial charge in [0.05, 0.1) is 21.7 Å². The zero-order valence-electron chi connectivity index (χ0n) is 15.1. The third kappa shape index (κ3) is 3.01. The minimum atomic E-state index is -5.39. The van der Waals surface area contributed by atoms with E-state index in [0.29, 0.717) is 10.9 Å². The number of carbonyl (C=O) groups is 1. The van der Waals surface area contributed by atoms with Crippen LogP contribution in [0.5, 0.6) is 5.75 Å². The normalized spacial score (nSPS) is 12.1. The van der Waals surface area contributed by atoms with E-state index in [1.54, 1.807) is 7.05 Å². The maximum absolute atomic E-state index is 15.2. The Bertz CT molecular complexity index is 1400. The zero-order valence-corrected chi connectivity index (χ0v) is 15.9. The third-order valence-electron chi connectivity index (χ3n) is 4.33. The average Bonchev–Trinajstić information content (AvgIpc) is 3.19. The van der Waals surface area contributed by atoms with Gasteiger partial charge in [-0.15, -0.1) is 0 Å². The number of fused-ring (bicyclic) bond motifs is 3. The minimum Gasteiger partial charge on any atom is -0.417 e. The van der Waals surface area contributed by atoms with E-state index in [2.05, 4.69) is 19.9 Å². The molecule has 2 N–H and O–H groups in total. The quantitative estimate of drug-likeness (QED) is 0.280. The molecule has 0 spiro atoms. The highest BCUT2D eigenvalue weighted by atomic mass is 32.1. The fourth-order valence-corrected chi connectivity index (χ4v) is 3.85. The third-order valence-corrected chi connectivity index (χ3v) is 5.33. The van der Waals surface area contributed by atoms with Crippen LogP contribution >= 0.6 is 11.3 Å². The molecule has 4 rings (SSSR count). The number of carbonyl (C=O) groups excluding carboxylic acids is 1. The van der Waals surface area contributed by atoms with Crippen molar-refractivity contribution in [2.75, 3.05) is 0 Å². The molecule has 7 nitrogen and oxygen atoms in total. The summed E-state index contributed by atoms with van der Waals surface area (Å²) in [4.78, 5) is 15.9. The molecule has 0 aliphatic carbocycles. The lowest BCUT2D eigenvalue weighted by molar-refractivity contribution is -0.189. The number of pyridine rings is 1. The van der Waals surface area contributed by atoms with Gasteiger partial charge in [0, 0.05) is 30.1 Å². The molecule has 3 aromatic heterocycles. The van der Waals surface area contributed by atoms with E-state index in [0.717, 1.165) is 11.3 Å². The number of thiazole rings is 1. The molecule has 0 saturated heterocycles. The summed E-state index contributed by atoms with van der Waals surface area (Å²) in [5.74, 6) is -6.41. The molecule has 3 heterocycles. The number of esters is 1. The van der Waals surface area contributed by atoms with Gasteiger partial charge in [-0.25, -0.2) is 18.6 Å². The van der Waals surface area contributed by atoms with Gasteiger partial charge in [0.15, 0.2) is 22.0 Å². The molecular formula is C17H10F5N5O2S. The zero-order chi connectivity index (χ0) is 22.0. The molecule has 0 aliphatic heterocycles. The molecule has 0 atom stereocenters. The van der Waals surface area contributed by atoms with Crippen molar-refractivity contribution in [2.45, 2.75) is 13.1 Å². The van der Waals surface area contributed by atoms with Gasteiger partial charge in [0.2, 0.25) is 0 Å². The maximum atomic E-state index is 15.2. The summed E-state index contributed by atoms with van der Waals surface area (Å²) in [6.45, 7) is 1.47. The highest BCUT2D eigenvalue weighted by Crippen LogP contribution is 2.40. The van der Waals surface area contributed by atoms with Crippen molar-refractivity contribution in [2.24, 2.45) is 7.05 Å². The van der Waals surface area contributed by atoms with Crippen molar-refractivity contribution in [3.8, 4) is 16.3 Å². The van der Waals surface area contributed by atoms with Gasteiger partial charge >= 0.3 is 12.1 Å². The fraction of sp³-hybridized carbons (Fsp3) is 0.176. The number of halogens is 5. The number of aryl methyl sites for hydroxylation is 2. The van der Waals surface area contributed by atoms with Crippen molar-refractivity contribution < 1.29 is 31.5 Å². The van der Waals surface area contributed by atoms with Gasteiger partial charge in [-0.2, -0.15) is 18.3 Å². The van der Waals surface area contributed by atoms with Crippen LogP contribution in [0.25, 0.3) is 32.4 Å². The summed E-state index contributed by atoms with van der Waals surface area (Å²) >= 11 is 0.940. The molecule has 0 fully saturated rings. The van der Waals surface area contributed by atoms with Crippen LogP contribution in [0.4, 0.5) is 22.0 Å². The van der Waals surface area contributed by atoms with Crippen molar-refractivity contribution in [1.82, 2.24) is 19.7 Å². The SMILES string of the molecule is Cc1n[nH]c2nc(-c3cn(C)c(=N)s3)c3c(F)cc(OC(=O)C(F)(F)F)c(F)c3c12. The number of ether oxygens (including phenoxy) is 1. The van der Waals surface area contributed by atoms with Crippen LogP contribution < -0.4 is 9.54 Å². The van der Waals surface area contributed by atoms with E-state index >= 15 is 8.78 Å². The minimum absolute atomic E-state index is 0.0297. The Morgan fingerprint density at radius 2 is 1.97 bits per heavy atom. The first-order valence-electron chi connectivity index (χ1n) is 8.16. The second-order valence-corrected chi connectivity index (χ2v) is 7.34. The van der Waals surface area contributed by atoms with Gasteiger partial charge in [-0.1, -0.05) is 11.3 Å².